The predicted molar refractivity (Wildman–Crippen MR) is 92.1 cm³/mol. The van der Waals surface area contributed by atoms with Crippen molar-refractivity contribution in [1.82, 2.24) is 20.0 Å². The molecule has 6 heteroatoms. The Morgan fingerprint density at radius 3 is 2.57 bits per heavy atom. The number of thioether (sulfide) groups is 1. The molecular formula is C17H18N4OS. The fourth-order valence-electron chi connectivity index (χ4n) is 2.23. The first-order valence-corrected chi connectivity index (χ1v) is 8.45. The van der Waals surface area contributed by atoms with Crippen LogP contribution in [0.15, 0.2) is 52.1 Å². The van der Waals surface area contributed by atoms with Gasteiger partial charge in [-0.25, -0.2) is 0 Å². The molecule has 0 spiro atoms. The molecule has 0 saturated carbocycles. The second-order valence-corrected chi connectivity index (χ2v) is 6.35. The van der Waals surface area contributed by atoms with Crippen LogP contribution in [-0.2, 0) is 6.54 Å². The van der Waals surface area contributed by atoms with Gasteiger partial charge in [0.2, 0.25) is 5.82 Å². The van der Waals surface area contributed by atoms with Gasteiger partial charge in [0.25, 0.3) is 5.89 Å². The van der Waals surface area contributed by atoms with E-state index in [0.717, 1.165) is 22.6 Å². The van der Waals surface area contributed by atoms with E-state index in [0.29, 0.717) is 11.7 Å². The van der Waals surface area contributed by atoms with Gasteiger partial charge in [0.15, 0.2) is 0 Å². The predicted octanol–water partition coefficient (Wildman–Crippen LogP) is 3.58. The largest absolute Gasteiger partial charge is 0.334 e. The van der Waals surface area contributed by atoms with Crippen LogP contribution in [-0.4, -0.2) is 40.4 Å². The van der Waals surface area contributed by atoms with Crippen LogP contribution in [0.3, 0.4) is 0 Å². The first-order chi connectivity index (χ1) is 11.2. The molecule has 3 rings (SSSR count). The van der Waals surface area contributed by atoms with Crippen molar-refractivity contribution < 1.29 is 4.52 Å². The van der Waals surface area contributed by atoms with Gasteiger partial charge < -0.3 is 9.42 Å². The van der Waals surface area contributed by atoms with Crippen molar-refractivity contribution in [2.45, 2.75) is 11.4 Å². The van der Waals surface area contributed by atoms with E-state index in [1.807, 2.05) is 30.7 Å². The van der Waals surface area contributed by atoms with E-state index >= 15 is 0 Å². The minimum Gasteiger partial charge on any atom is -0.334 e. The van der Waals surface area contributed by atoms with Crippen LogP contribution in [0.1, 0.15) is 5.56 Å². The highest BCUT2D eigenvalue weighted by atomic mass is 32.2. The molecule has 0 amide bonds. The van der Waals surface area contributed by atoms with E-state index in [1.165, 1.54) is 5.56 Å². The molecule has 0 atom stereocenters. The van der Waals surface area contributed by atoms with Gasteiger partial charge >= 0.3 is 0 Å². The summed E-state index contributed by atoms with van der Waals surface area (Å²) in [4.78, 5) is 11.9. The van der Waals surface area contributed by atoms with Crippen molar-refractivity contribution in [1.29, 1.82) is 0 Å². The fourth-order valence-corrected chi connectivity index (χ4v) is 2.64. The Morgan fingerprint density at radius 1 is 1.09 bits per heavy atom. The zero-order chi connectivity index (χ0) is 16.2. The van der Waals surface area contributed by atoms with Crippen molar-refractivity contribution in [3.63, 3.8) is 0 Å². The van der Waals surface area contributed by atoms with Gasteiger partial charge in [-0.15, -0.1) is 11.8 Å². The molecule has 0 N–H and O–H groups in total. The molecule has 0 radical (unpaired) electrons. The van der Waals surface area contributed by atoms with E-state index in [-0.39, 0.29) is 0 Å². The summed E-state index contributed by atoms with van der Waals surface area (Å²) in [7, 11) is 4.10. The van der Waals surface area contributed by atoms with Gasteiger partial charge in [0.1, 0.15) is 0 Å². The normalized spacial score (nSPS) is 11.1. The van der Waals surface area contributed by atoms with Gasteiger partial charge in [-0.3, -0.25) is 4.98 Å². The Bertz CT molecular complexity index is 783. The van der Waals surface area contributed by atoms with Gasteiger partial charge in [-0.1, -0.05) is 29.4 Å². The lowest BCUT2D eigenvalue weighted by molar-refractivity contribution is 0.402. The standard InChI is InChI=1S/C17H18N4OS/c1-21(2)11-12-4-6-13(7-5-12)16-19-17(22-20-16)14-8-15(23-3)10-18-9-14/h4-10H,11H2,1-3H3. The number of nitrogens with zero attached hydrogens (tertiary/aromatic N) is 4. The van der Waals surface area contributed by atoms with E-state index in [1.54, 1.807) is 18.0 Å². The molecule has 0 aliphatic heterocycles. The molecule has 0 aliphatic rings. The summed E-state index contributed by atoms with van der Waals surface area (Å²) in [6, 6.07) is 10.2. The second-order valence-electron chi connectivity index (χ2n) is 5.47. The van der Waals surface area contributed by atoms with Gasteiger partial charge in [0, 0.05) is 29.4 Å². The summed E-state index contributed by atoms with van der Waals surface area (Å²) >= 11 is 1.63. The van der Waals surface area contributed by atoms with Crippen LogP contribution in [0.2, 0.25) is 0 Å². The first kappa shape index (κ1) is 15.7. The van der Waals surface area contributed by atoms with Crippen molar-refractivity contribution in [2.75, 3.05) is 20.4 Å². The molecule has 0 unspecified atom stereocenters. The van der Waals surface area contributed by atoms with Crippen LogP contribution in [0.4, 0.5) is 0 Å². The lowest BCUT2D eigenvalue weighted by atomic mass is 10.1. The Labute approximate surface area is 139 Å². The molecule has 118 valence electrons. The number of benzene rings is 1. The monoisotopic (exact) mass is 326 g/mol. The third kappa shape index (κ3) is 3.78. The Balaban J connectivity index is 1.83. The summed E-state index contributed by atoms with van der Waals surface area (Å²) in [5.74, 6) is 1.08. The molecule has 2 heterocycles. The maximum absolute atomic E-state index is 5.38. The average molecular weight is 326 g/mol. The molecule has 23 heavy (non-hydrogen) atoms. The highest BCUT2D eigenvalue weighted by Crippen LogP contribution is 2.24. The molecule has 0 aliphatic carbocycles. The molecular weight excluding hydrogens is 308 g/mol. The molecule has 5 nitrogen and oxygen atoms in total. The number of hydrogen-bond donors (Lipinski definition) is 0. The summed E-state index contributed by atoms with van der Waals surface area (Å²) in [5, 5.41) is 4.08. The summed E-state index contributed by atoms with van der Waals surface area (Å²) in [6.45, 7) is 0.908. The number of rotatable bonds is 5. The molecule has 0 fully saturated rings. The van der Waals surface area contributed by atoms with Gasteiger partial charge in [0.05, 0.1) is 5.56 Å². The van der Waals surface area contributed by atoms with Gasteiger partial charge in [-0.05, 0) is 32.0 Å². The molecule has 3 aromatic rings. The smallest absolute Gasteiger partial charge is 0.259 e. The summed E-state index contributed by atoms with van der Waals surface area (Å²) < 4.78 is 5.38. The minimum atomic E-state index is 0.487. The van der Waals surface area contributed by atoms with Crippen molar-refractivity contribution in [3.8, 4) is 22.8 Å². The Kier molecular flexibility index (Phi) is 4.73. The molecule has 1 aromatic carbocycles. The van der Waals surface area contributed by atoms with E-state index in [9.17, 15) is 0 Å². The molecule has 0 saturated heterocycles. The zero-order valence-corrected chi connectivity index (χ0v) is 14.2. The Morgan fingerprint density at radius 2 is 1.87 bits per heavy atom. The Hall–Kier alpha value is -2.18. The minimum absolute atomic E-state index is 0.487. The number of pyridine rings is 1. The second kappa shape index (κ2) is 6.93. The maximum Gasteiger partial charge on any atom is 0.259 e. The maximum atomic E-state index is 5.38. The third-order valence-corrected chi connectivity index (χ3v) is 4.03. The third-order valence-electron chi connectivity index (χ3n) is 3.33. The van der Waals surface area contributed by atoms with Crippen molar-refractivity contribution in [3.05, 3.63) is 48.3 Å². The first-order valence-electron chi connectivity index (χ1n) is 7.23. The summed E-state index contributed by atoms with van der Waals surface area (Å²) in [5.41, 5.74) is 3.02. The SMILES string of the molecule is CSc1cncc(-c2nc(-c3ccc(CN(C)C)cc3)no2)c1. The number of aromatic nitrogens is 3. The summed E-state index contributed by atoms with van der Waals surface area (Å²) in [6.07, 6.45) is 5.56. The van der Waals surface area contributed by atoms with E-state index in [2.05, 4.69) is 46.3 Å². The van der Waals surface area contributed by atoms with Crippen LogP contribution >= 0.6 is 11.8 Å². The lowest BCUT2D eigenvalue weighted by Gasteiger charge is -2.09. The van der Waals surface area contributed by atoms with E-state index < -0.39 is 0 Å². The van der Waals surface area contributed by atoms with Crippen LogP contribution < -0.4 is 0 Å². The van der Waals surface area contributed by atoms with Crippen LogP contribution in [0, 0.1) is 0 Å². The highest BCUT2D eigenvalue weighted by molar-refractivity contribution is 7.98. The number of hydrogen-bond acceptors (Lipinski definition) is 6. The van der Waals surface area contributed by atoms with E-state index in [4.69, 9.17) is 4.52 Å². The fraction of sp³-hybridized carbons (Fsp3) is 0.235. The molecule has 0 bridgehead atoms. The van der Waals surface area contributed by atoms with Crippen LogP contribution in [0.25, 0.3) is 22.8 Å². The topological polar surface area (TPSA) is 55.1 Å². The van der Waals surface area contributed by atoms with Gasteiger partial charge in [-0.2, -0.15) is 4.98 Å². The quantitative estimate of drug-likeness (QED) is 0.668. The van der Waals surface area contributed by atoms with Crippen molar-refractivity contribution in [2.24, 2.45) is 0 Å². The van der Waals surface area contributed by atoms with Crippen LogP contribution in [0.5, 0.6) is 0 Å². The lowest BCUT2D eigenvalue weighted by Crippen LogP contribution is -2.10. The average Bonchev–Trinajstić information content (AvgIpc) is 3.05. The van der Waals surface area contributed by atoms with Crippen molar-refractivity contribution >= 4 is 11.8 Å². The zero-order valence-electron chi connectivity index (χ0n) is 13.4. The highest BCUT2D eigenvalue weighted by Gasteiger charge is 2.11. The molecule has 2 aromatic heterocycles.